The van der Waals surface area contributed by atoms with Gasteiger partial charge in [0, 0.05) is 0 Å². The minimum absolute atomic E-state index is 0.0352. The average molecular weight is 181 g/mol. The van der Waals surface area contributed by atoms with E-state index in [1.165, 1.54) is 0 Å². The van der Waals surface area contributed by atoms with E-state index in [0.29, 0.717) is 0 Å². The van der Waals surface area contributed by atoms with E-state index in [4.69, 9.17) is 28.9 Å². The number of hydrogen-bond donors (Lipinski definition) is 1. The zero-order valence-corrected chi connectivity index (χ0v) is 6.25. The van der Waals surface area contributed by atoms with Gasteiger partial charge in [0.15, 0.2) is 5.82 Å². The summed E-state index contributed by atoms with van der Waals surface area (Å²) in [5, 5.41) is -0.226. The highest BCUT2D eigenvalue weighted by molar-refractivity contribution is 6.43. The van der Waals surface area contributed by atoms with E-state index in [1.54, 1.807) is 0 Å². The van der Waals surface area contributed by atoms with Crippen molar-refractivity contribution in [2.45, 2.75) is 0 Å². The molecule has 0 bridgehead atoms. The van der Waals surface area contributed by atoms with Gasteiger partial charge >= 0.3 is 0 Å². The Morgan fingerprint density at radius 3 is 2.50 bits per heavy atom. The molecule has 54 valence electrons. The van der Waals surface area contributed by atoms with Crippen molar-refractivity contribution in [3.8, 4) is 0 Å². The van der Waals surface area contributed by atoms with Crippen LogP contribution in [-0.2, 0) is 0 Å². The third kappa shape index (κ3) is 1.15. The van der Waals surface area contributed by atoms with Crippen molar-refractivity contribution in [1.82, 2.24) is 4.98 Å². The highest BCUT2D eigenvalue weighted by Crippen LogP contribution is 2.27. The summed E-state index contributed by atoms with van der Waals surface area (Å²) in [6.07, 6.45) is 0.920. The summed E-state index contributed by atoms with van der Waals surface area (Å²) in [6.45, 7) is 0. The van der Waals surface area contributed by atoms with Crippen molar-refractivity contribution >= 4 is 29.0 Å². The summed E-state index contributed by atoms with van der Waals surface area (Å²) in [7, 11) is 0. The van der Waals surface area contributed by atoms with Gasteiger partial charge in [-0.05, 0) is 0 Å². The van der Waals surface area contributed by atoms with Gasteiger partial charge < -0.3 is 5.73 Å². The van der Waals surface area contributed by atoms with Crippen LogP contribution in [0, 0.1) is 5.82 Å². The molecule has 1 aromatic heterocycles. The standard InChI is InChI=1S/C5H3Cl2FN2/c6-3-2(8)1-10-5(9)4(3)7/h1H,(H2,9,10). The maximum Gasteiger partial charge on any atom is 0.161 e. The van der Waals surface area contributed by atoms with Gasteiger partial charge in [-0.1, -0.05) is 23.2 Å². The predicted octanol–water partition coefficient (Wildman–Crippen LogP) is 2.11. The van der Waals surface area contributed by atoms with Crippen molar-refractivity contribution in [2.24, 2.45) is 0 Å². The smallest absolute Gasteiger partial charge is 0.161 e. The summed E-state index contributed by atoms with van der Waals surface area (Å²) in [5.41, 5.74) is 5.20. The molecule has 0 unspecified atom stereocenters. The monoisotopic (exact) mass is 180 g/mol. The maximum absolute atomic E-state index is 12.4. The SMILES string of the molecule is Nc1ncc(F)c(Cl)c1Cl. The molecule has 2 nitrogen and oxygen atoms in total. The lowest BCUT2D eigenvalue weighted by Gasteiger charge is -1.98. The van der Waals surface area contributed by atoms with E-state index < -0.39 is 5.82 Å². The van der Waals surface area contributed by atoms with Crippen molar-refractivity contribution in [1.29, 1.82) is 0 Å². The number of nitrogen functional groups attached to an aromatic ring is 1. The molecule has 0 aliphatic heterocycles. The highest BCUT2D eigenvalue weighted by atomic mass is 35.5. The van der Waals surface area contributed by atoms with Crippen molar-refractivity contribution in [3.63, 3.8) is 0 Å². The highest BCUT2D eigenvalue weighted by Gasteiger charge is 2.07. The Balaban J connectivity index is 3.34. The molecule has 0 saturated heterocycles. The first kappa shape index (κ1) is 7.57. The van der Waals surface area contributed by atoms with Crippen LogP contribution in [0.15, 0.2) is 6.20 Å². The predicted molar refractivity (Wildman–Crippen MR) is 38.6 cm³/mol. The second-order valence-electron chi connectivity index (χ2n) is 1.62. The number of hydrogen-bond acceptors (Lipinski definition) is 2. The second-order valence-corrected chi connectivity index (χ2v) is 2.38. The summed E-state index contributed by atoms with van der Waals surface area (Å²) in [6, 6.07) is 0. The van der Waals surface area contributed by atoms with E-state index in [1.807, 2.05) is 0 Å². The molecule has 2 N–H and O–H groups in total. The molecule has 0 spiro atoms. The molecular weight excluding hydrogens is 178 g/mol. The Kier molecular flexibility index (Phi) is 1.97. The van der Waals surface area contributed by atoms with E-state index in [-0.39, 0.29) is 15.9 Å². The van der Waals surface area contributed by atoms with Gasteiger partial charge in [0.25, 0.3) is 0 Å². The molecule has 0 aromatic carbocycles. The van der Waals surface area contributed by atoms with Gasteiger partial charge in [-0.3, -0.25) is 0 Å². The number of aromatic nitrogens is 1. The van der Waals surface area contributed by atoms with Gasteiger partial charge in [-0.15, -0.1) is 0 Å². The second kappa shape index (κ2) is 2.60. The molecule has 0 radical (unpaired) electrons. The van der Waals surface area contributed by atoms with Crippen LogP contribution in [-0.4, -0.2) is 4.98 Å². The number of rotatable bonds is 0. The Labute approximate surface area is 66.8 Å². The molecule has 0 saturated carbocycles. The molecular formula is C5H3Cl2FN2. The third-order valence-corrected chi connectivity index (χ3v) is 1.79. The quantitative estimate of drug-likeness (QED) is 0.665. The number of halogens is 3. The number of nitrogens with zero attached hydrogens (tertiary/aromatic N) is 1. The van der Waals surface area contributed by atoms with E-state index in [0.717, 1.165) is 6.20 Å². The van der Waals surface area contributed by atoms with Crippen molar-refractivity contribution in [3.05, 3.63) is 22.1 Å². The van der Waals surface area contributed by atoms with Crippen LogP contribution in [0.5, 0.6) is 0 Å². The maximum atomic E-state index is 12.4. The van der Waals surface area contributed by atoms with Crippen LogP contribution in [0.4, 0.5) is 10.2 Å². The Morgan fingerprint density at radius 2 is 2.00 bits per heavy atom. The number of nitrogens with two attached hydrogens (primary N) is 1. The molecule has 0 aliphatic carbocycles. The van der Waals surface area contributed by atoms with Crippen molar-refractivity contribution < 1.29 is 4.39 Å². The minimum Gasteiger partial charge on any atom is -0.382 e. The zero-order chi connectivity index (χ0) is 7.72. The van der Waals surface area contributed by atoms with Crippen LogP contribution < -0.4 is 5.73 Å². The fourth-order valence-corrected chi connectivity index (χ4v) is 0.742. The molecule has 10 heavy (non-hydrogen) atoms. The largest absolute Gasteiger partial charge is 0.382 e. The summed E-state index contributed by atoms with van der Waals surface area (Å²) in [5.74, 6) is -0.631. The van der Waals surface area contributed by atoms with E-state index >= 15 is 0 Å². The first-order chi connectivity index (χ1) is 4.63. The fourth-order valence-electron chi connectivity index (χ4n) is 0.457. The van der Waals surface area contributed by atoms with Gasteiger partial charge in [-0.2, -0.15) is 0 Å². The number of anilines is 1. The Bertz CT molecular complexity index is 237. The average Bonchev–Trinajstić information content (AvgIpc) is 1.93. The van der Waals surface area contributed by atoms with Gasteiger partial charge in [-0.25, -0.2) is 9.37 Å². The van der Waals surface area contributed by atoms with Crippen LogP contribution in [0.25, 0.3) is 0 Å². The molecule has 0 fully saturated rings. The lowest BCUT2D eigenvalue weighted by Crippen LogP contribution is -1.92. The normalized spacial score (nSPS) is 9.90. The topological polar surface area (TPSA) is 38.9 Å². The van der Waals surface area contributed by atoms with Crippen LogP contribution in [0.3, 0.4) is 0 Å². The van der Waals surface area contributed by atoms with Gasteiger partial charge in [0.05, 0.1) is 6.20 Å². The lowest BCUT2D eigenvalue weighted by atomic mass is 10.4. The van der Waals surface area contributed by atoms with Crippen LogP contribution in [0.1, 0.15) is 0 Å². The Morgan fingerprint density at radius 1 is 1.40 bits per heavy atom. The summed E-state index contributed by atoms with van der Waals surface area (Å²) in [4.78, 5) is 3.43. The summed E-state index contributed by atoms with van der Waals surface area (Å²) >= 11 is 10.8. The van der Waals surface area contributed by atoms with E-state index in [2.05, 4.69) is 4.98 Å². The molecule has 0 atom stereocenters. The van der Waals surface area contributed by atoms with Crippen LogP contribution in [0.2, 0.25) is 10.0 Å². The van der Waals surface area contributed by atoms with E-state index in [9.17, 15) is 4.39 Å². The zero-order valence-electron chi connectivity index (χ0n) is 4.74. The molecule has 0 aliphatic rings. The lowest BCUT2D eigenvalue weighted by molar-refractivity contribution is 0.622. The molecule has 0 amide bonds. The van der Waals surface area contributed by atoms with Gasteiger partial charge in [0.2, 0.25) is 0 Å². The van der Waals surface area contributed by atoms with Crippen molar-refractivity contribution in [2.75, 3.05) is 5.73 Å². The molecule has 5 heteroatoms. The third-order valence-electron chi connectivity index (χ3n) is 0.944. The summed E-state index contributed by atoms with van der Waals surface area (Å²) < 4.78 is 12.4. The first-order valence-electron chi connectivity index (χ1n) is 2.38. The van der Waals surface area contributed by atoms with Gasteiger partial charge in [0.1, 0.15) is 15.9 Å². The Hall–Kier alpha value is -0.540. The van der Waals surface area contributed by atoms with Crippen LogP contribution >= 0.6 is 23.2 Å². The molecule has 1 heterocycles. The molecule has 1 aromatic rings. The fraction of sp³-hybridized carbons (Fsp3) is 0. The first-order valence-corrected chi connectivity index (χ1v) is 3.13. The number of pyridine rings is 1. The minimum atomic E-state index is -0.666. The molecule has 1 rings (SSSR count).